The van der Waals surface area contributed by atoms with Gasteiger partial charge in [-0.2, -0.15) is 0 Å². The summed E-state index contributed by atoms with van der Waals surface area (Å²) in [5.41, 5.74) is 0.697. The van der Waals surface area contributed by atoms with Crippen molar-refractivity contribution in [3.8, 4) is 0 Å². The minimum absolute atomic E-state index is 0.0184. The average Bonchev–Trinajstić information content (AvgIpc) is 3.65. The Hall–Kier alpha value is -3.75. The Morgan fingerprint density at radius 1 is 0.875 bits per heavy atom. The highest BCUT2D eigenvalue weighted by Crippen LogP contribution is 2.30. The highest BCUT2D eigenvalue weighted by atomic mass is 16.6. The number of carbonyl (C=O) groups excluding carboxylic acids is 5. The first kappa shape index (κ1) is 48.4. The van der Waals surface area contributed by atoms with E-state index in [4.69, 9.17) is 14.2 Å². The van der Waals surface area contributed by atoms with Gasteiger partial charge in [0.1, 0.15) is 12.1 Å². The fourth-order valence-electron chi connectivity index (χ4n) is 7.92. The lowest BCUT2D eigenvalue weighted by Gasteiger charge is -2.41. The van der Waals surface area contributed by atoms with E-state index < -0.39 is 60.4 Å². The Kier molecular flexibility index (Phi) is 19.8. The maximum absolute atomic E-state index is 14.3. The molecule has 2 rings (SSSR count). The van der Waals surface area contributed by atoms with Gasteiger partial charge in [-0.1, -0.05) is 85.2 Å². The molecule has 10 atom stereocenters. The summed E-state index contributed by atoms with van der Waals surface area (Å²) in [7, 11) is 6.26. The van der Waals surface area contributed by atoms with Crippen LogP contribution in [0.5, 0.6) is 0 Å². The molecule has 0 bridgehead atoms. The third kappa shape index (κ3) is 12.4. The minimum Gasteiger partial charge on any atom is -0.450 e. The molecular formula is C42H71N5O9. The number of nitrogens with one attached hydrogen (secondary N) is 2. The van der Waals surface area contributed by atoms with Gasteiger partial charge in [0.15, 0.2) is 0 Å². The molecule has 1 fully saturated rings. The van der Waals surface area contributed by atoms with E-state index in [1.54, 1.807) is 37.6 Å². The lowest BCUT2D eigenvalue weighted by atomic mass is 9.89. The number of aliphatic hydroxyl groups is 1. The van der Waals surface area contributed by atoms with Gasteiger partial charge in [0, 0.05) is 34.9 Å². The molecule has 1 aliphatic rings. The number of ether oxygens (including phenoxy) is 3. The molecule has 5 amide bonds. The van der Waals surface area contributed by atoms with Crippen LogP contribution in [0.25, 0.3) is 0 Å². The first-order valence-corrected chi connectivity index (χ1v) is 20.2. The number of rotatable bonds is 21. The zero-order valence-corrected chi connectivity index (χ0v) is 36.1. The van der Waals surface area contributed by atoms with Crippen molar-refractivity contribution < 1.29 is 43.3 Å². The summed E-state index contributed by atoms with van der Waals surface area (Å²) < 4.78 is 17.1. The Labute approximate surface area is 335 Å². The maximum Gasteiger partial charge on any atom is 0.410 e. The number of benzene rings is 1. The molecule has 10 unspecified atom stereocenters. The number of aliphatic hydroxyl groups excluding tert-OH is 1. The second-order valence-electron chi connectivity index (χ2n) is 16.0. The Bertz CT molecular complexity index is 1410. The number of carbonyl (C=O) groups is 5. The predicted octanol–water partition coefficient (Wildman–Crippen LogP) is 4.40. The molecule has 14 nitrogen and oxygen atoms in total. The monoisotopic (exact) mass is 790 g/mol. The van der Waals surface area contributed by atoms with Gasteiger partial charge in [-0.05, 0) is 50.0 Å². The zero-order chi connectivity index (χ0) is 42.4. The molecule has 0 spiro atoms. The van der Waals surface area contributed by atoms with Crippen LogP contribution in [0, 0.1) is 23.7 Å². The van der Waals surface area contributed by atoms with Gasteiger partial charge in [0.25, 0.3) is 0 Å². The van der Waals surface area contributed by atoms with Crippen molar-refractivity contribution in [3.05, 3.63) is 35.9 Å². The third-order valence-electron chi connectivity index (χ3n) is 11.3. The molecule has 56 heavy (non-hydrogen) atoms. The lowest BCUT2D eigenvalue weighted by molar-refractivity contribution is -0.148. The summed E-state index contributed by atoms with van der Waals surface area (Å²) in [6.45, 7) is 17.2. The smallest absolute Gasteiger partial charge is 0.410 e. The van der Waals surface area contributed by atoms with Crippen molar-refractivity contribution >= 4 is 29.7 Å². The molecule has 318 valence electrons. The molecule has 3 N–H and O–H groups in total. The van der Waals surface area contributed by atoms with E-state index in [1.807, 2.05) is 71.9 Å². The van der Waals surface area contributed by atoms with Gasteiger partial charge in [-0.3, -0.25) is 24.1 Å². The van der Waals surface area contributed by atoms with Crippen molar-refractivity contribution in [1.82, 2.24) is 25.3 Å². The lowest BCUT2D eigenvalue weighted by Crippen LogP contribution is -2.60. The summed E-state index contributed by atoms with van der Waals surface area (Å²) in [5.74, 6) is -2.53. The SMILES string of the molecule is CCOC(=O)N(C)C(C(=O)NC(C(=O)N(C)C(C(C)CC)C(CC(=O)N1CCCC1C(OC)C(C)C(=O)NC(C)C(O)c1ccccc1)OC)C(C)C)C(C)C. The van der Waals surface area contributed by atoms with Crippen molar-refractivity contribution in [2.45, 2.75) is 137 Å². The summed E-state index contributed by atoms with van der Waals surface area (Å²) >= 11 is 0. The Balaban J connectivity index is 2.28. The molecule has 1 aromatic carbocycles. The van der Waals surface area contributed by atoms with Crippen LogP contribution in [-0.4, -0.2) is 133 Å². The standard InChI is InChI=1S/C42H71N5O9/c1-14-27(7)36(45(10)41(52)34(25(3)4)44-40(51)35(26(5)6)46(11)42(53)56-15-2)32(54-12)24-33(48)47-23-19-22-31(47)38(55-13)28(8)39(50)43-29(9)37(49)30-20-17-16-18-21-30/h16-18,20-21,25-29,31-32,34-38,49H,14-15,19,22-24H2,1-13H3,(H,43,50)(H,44,51). The summed E-state index contributed by atoms with van der Waals surface area (Å²) in [6, 6.07) is 5.90. The van der Waals surface area contributed by atoms with Crippen LogP contribution in [0.3, 0.4) is 0 Å². The Morgan fingerprint density at radius 2 is 1.50 bits per heavy atom. The highest BCUT2D eigenvalue weighted by Gasteiger charge is 2.43. The Morgan fingerprint density at radius 3 is 2.02 bits per heavy atom. The van der Waals surface area contributed by atoms with E-state index in [0.717, 1.165) is 6.42 Å². The van der Waals surface area contributed by atoms with Crippen molar-refractivity contribution in [2.75, 3.05) is 41.5 Å². The van der Waals surface area contributed by atoms with E-state index in [2.05, 4.69) is 10.6 Å². The largest absolute Gasteiger partial charge is 0.450 e. The molecule has 1 saturated heterocycles. The summed E-state index contributed by atoms with van der Waals surface area (Å²) in [5, 5.41) is 16.7. The number of amides is 5. The number of likely N-dealkylation sites (tertiary alicyclic amines) is 1. The van der Waals surface area contributed by atoms with Crippen LogP contribution in [-0.2, 0) is 33.4 Å². The van der Waals surface area contributed by atoms with Gasteiger partial charge in [0.2, 0.25) is 23.6 Å². The predicted molar refractivity (Wildman–Crippen MR) is 215 cm³/mol. The van der Waals surface area contributed by atoms with Crippen molar-refractivity contribution in [1.29, 1.82) is 0 Å². The van der Waals surface area contributed by atoms with Gasteiger partial charge >= 0.3 is 6.09 Å². The van der Waals surface area contributed by atoms with E-state index >= 15 is 0 Å². The molecule has 1 aliphatic heterocycles. The molecule has 0 radical (unpaired) electrons. The first-order chi connectivity index (χ1) is 26.4. The number of likely N-dealkylation sites (N-methyl/N-ethyl adjacent to an activating group) is 2. The van der Waals surface area contributed by atoms with Gasteiger partial charge in [-0.25, -0.2) is 4.79 Å². The van der Waals surface area contributed by atoms with Crippen LogP contribution >= 0.6 is 0 Å². The molecule has 1 heterocycles. The molecule has 14 heteroatoms. The van der Waals surface area contributed by atoms with Crippen LogP contribution in [0.1, 0.15) is 99.7 Å². The number of hydrogen-bond donors (Lipinski definition) is 3. The van der Waals surface area contributed by atoms with E-state index in [1.165, 1.54) is 26.2 Å². The van der Waals surface area contributed by atoms with Crippen LogP contribution < -0.4 is 10.6 Å². The first-order valence-electron chi connectivity index (χ1n) is 20.2. The van der Waals surface area contributed by atoms with Crippen molar-refractivity contribution in [2.24, 2.45) is 23.7 Å². The van der Waals surface area contributed by atoms with Gasteiger partial charge in [0.05, 0.1) is 55.4 Å². The van der Waals surface area contributed by atoms with Crippen molar-refractivity contribution in [3.63, 3.8) is 0 Å². The molecular weight excluding hydrogens is 718 g/mol. The van der Waals surface area contributed by atoms with Gasteiger partial charge < -0.3 is 39.8 Å². The minimum atomic E-state index is -0.918. The van der Waals surface area contributed by atoms with E-state index in [-0.39, 0.29) is 54.5 Å². The molecule has 0 aliphatic carbocycles. The fourth-order valence-corrected chi connectivity index (χ4v) is 7.92. The number of methoxy groups -OCH3 is 2. The second kappa shape index (κ2) is 22.9. The zero-order valence-electron chi connectivity index (χ0n) is 36.1. The number of hydrogen-bond acceptors (Lipinski definition) is 9. The number of nitrogens with zero attached hydrogens (tertiary/aromatic N) is 3. The maximum atomic E-state index is 14.3. The summed E-state index contributed by atoms with van der Waals surface area (Å²) in [6.07, 6.45) is -0.757. The van der Waals surface area contributed by atoms with Crippen LogP contribution in [0.2, 0.25) is 0 Å². The molecule has 0 aromatic heterocycles. The van der Waals surface area contributed by atoms with Crippen LogP contribution in [0.15, 0.2) is 30.3 Å². The molecule has 0 saturated carbocycles. The third-order valence-corrected chi connectivity index (χ3v) is 11.3. The van der Waals surface area contributed by atoms with Crippen LogP contribution in [0.4, 0.5) is 4.79 Å². The molecule has 1 aromatic rings. The van der Waals surface area contributed by atoms with E-state index in [9.17, 15) is 29.1 Å². The topological polar surface area (TPSA) is 167 Å². The average molecular weight is 790 g/mol. The normalized spacial score (nSPS) is 19.2. The fraction of sp³-hybridized carbons (Fsp3) is 0.738. The second-order valence-corrected chi connectivity index (χ2v) is 16.0. The summed E-state index contributed by atoms with van der Waals surface area (Å²) in [4.78, 5) is 72.9. The quantitative estimate of drug-likeness (QED) is 0.164. The van der Waals surface area contributed by atoms with Gasteiger partial charge in [-0.15, -0.1) is 0 Å². The highest BCUT2D eigenvalue weighted by molar-refractivity contribution is 5.91. The van der Waals surface area contributed by atoms with E-state index in [0.29, 0.717) is 24.9 Å².